The first kappa shape index (κ1) is 25.3. The maximum absolute atomic E-state index is 11.0. The second-order valence-corrected chi connectivity index (χ2v) is 7.09. The molecule has 0 unspecified atom stereocenters. The summed E-state index contributed by atoms with van der Waals surface area (Å²) in [5.74, 6) is -1.10. The number of carboxylic acids is 2. The van der Waals surface area contributed by atoms with Gasteiger partial charge in [-0.3, -0.25) is 0 Å². The van der Waals surface area contributed by atoms with Crippen molar-refractivity contribution in [3.63, 3.8) is 0 Å². The van der Waals surface area contributed by atoms with Crippen LogP contribution in [0.1, 0.15) is 76.3 Å². The van der Waals surface area contributed by atoms with Gasteiger partial charge < -0.3 is 19.7 Å². The van der Waals surface area contributed by atoms with Crippen molar-refractivity contribution in [2.45, 2.75) is 65.2 Å². The third-order valence-electron chi connectivity index (χ3n) is 4.46. The molecule has 0 amide bonds. The molecule has 30 heavy (non-hydrogen) atoms. The summed E-state index contributed by atoms with van der Waals surface area (Å²) in [4.78, 5) is 22.0. The van der Waals surface area contributed by atoms with E-state index in [-0.39, 0.29) is 0 Å². The highest BCUT2D eigenvalue weighted by molar-refractivity contribution is 5.88. The van der Waals surface area contributed by atoms with Gasteiger partial charge in [-0.1, -0.05) is 52.4 Å². The molecule has 0 heterocycles. The Balaban J connectivity index is 3.10. The molecular formula is C24H34O6. The number of aliphatic carboxylic acids is 2. The molecule has 166 valence electrons. The van der Waals surface area contributed by atoms with E-state index >= 15 is 0 Å². The van der Waals surface area contributed by atoms with Crippen LogP contribution in [0.25, 0.3) is 12.2 Å². The van der Waals surface area contributed by atoms with Crippen LogP contribution in [-0.2, 0) is 9.59 Å². The van der Waals surface area contributed by atoms with E-state index in [1.54, 1.807) is 12.1 Å². The van der Waals surface area contributed by atoms with E-state index in [2.05, 4.69) is 13.8 Å². The molecule has 6 nitrogen and oxygen atoms in total. The van der Waals surface area contributed by atoms with E-state index in [0.717, 1.165) is 63.5 Å². The smallest absolute Gasteiger partial charge is 0.328 e. The lowest BCUT2D eigenvalue weighted by molar-refractivity contribution is -0.132. The molecule has 0 spiro atoms. The van der Waals surface area contributed by atoms with Crippen LogP contribution in [0.4, 0.5) is 0 Å². The van der Waals surface area contributed by atoms with Crippen LogP contribution in [0, 0.1) is 0 Å². The van der Waals surface area contributed by atoms with Gasteiger partial charge in [0.1, 0.15) is 11.5 Å². The SMILES string of the molecule is CCCCCCOc1cc(/C=C/C(=O)O)c(OCCCCCC)cc1/C=C/C(=O)O. The first-order chi connectivity index (χ1) is 14.5. The van der Waals surface area contributed by atoms with E-state index in [1.807, 2.05) is 0 Å². The van der Waals surface area contributed by atoms with Crippen LogP contribution in [0.3, 0.4) is 0 Å². The van der Waals surface area contributed by atoms with E-state index in [1.165, 1.54) is 12.2 Å². The fraction of sp³-hybridized carbons (Fsp3) is 0.500. The Morgan fingerprint density at radius 1 is 0.733 bits per heavy atom. The van der Waals surface area contributed by atoms with Crippen molar-refractivity contribution in [3.05, 3.63) is 35.4 Å². The number of hydrogen-bond donors (Lipinski definition) is 2. The fourth-order valence-corrected chi connectivity index (χ4v) is 2.85. The predicted octanol–water partition coefficient (Wildman–Crippen LogP) is 5.80. The Labute approximate surface area is 179 Å². The molecule has 0 bridgehead atoms. The first-order valence-electron chi connectivity index (χ1n) is 10.7. The zero-order valence-corrected chi connectivity index (χ0v) is 18.1. The van der Waals surface area contributed by atoms with Crippen molar-refractivity contribution in [1.29, 1.82) is 0 Å². The minimum atomic E-state index is -1.05. The Hall–Kier alpha value is -2.76. The third kappa shape index (κ3) is 10.7. The fourth-order valence-electron chi connectivity index (χ4n) is 2.85. The lowest BCUT2D eigenvalue weighted by Gasteiger charge is -2.15. The minimum Gasteiger partial charge on any atom is -0.493 e. The molecule has 1 aromatic rings. The highest BCUT2D eigenvalue weighted by atomic mass is 16.5. The van der Waals surface area contributed by atoms with Crippen LogP contribution < -0.4 is 9.47 Å². The molecule has 0 aliphatic heterocycles. The van der Waals surface area contributed by atoms with Crippen molar-refractivity contribution in [2.75, 3.05) is 13.2 Å². The monoisotopic (exact) mass is 418 g/mol. The van der Waals surface area contributed by atoms with Crippen molar-refractivity contribution in [1.82, 2.24) is 0 Å². The molecule has 0 aliphatic rings. The molecule has 0 saturated carbocycles. The summed E-state index contributed by atoms with van der Waals surface area (Å²) in [5.41, 5.74) is 1.17. The topological polar surface area (TPSA) is 93.1 Å². The standard InChI is InChI=1S/C24H34O6/c1-3-5-7-9-15-29-21-17-20(12-14-24(27)28)22(30-16-10-8-6-4-2)18-19(21)11-13-23(25)26/h11-14,17-18H,3-10,15-16H2,1-2H3,(H,25,26)(H,27,28)/b13-11+,14-12+. The number of carboxylic acid groups (broad SMARTS) is 2. The van der Waals surface area contributed by atoms with Gasteiger partial charge in [-0.15, -0.1) is 0 Å². The average Bonchev–Trinajstić information content (AvgIpc) is 2.71. The zero-order valence-electron chi connectivity index (χ0n) is 18.1. The second-order valence-electron chi connectivity index (χ2n) is 7.09. The van der Waals surface area contributed by atoms with Gasteiger partial charge in [-0.05, 0) is 37.1 Å². The molecule has 1 aromatic carbocycles. The van der Waals surface area contributed by atoms with Gasteiger partial charge >= 0.3 is 11.9 Å². The second kappa shape index (κ2) is 15.1. The lowest BCUT2D eigenvalue weighted by Crippen LogP contribution is -2.03. The number of unbranched alkanes of at least 4 members (excludes halogenated alkanes) is 6. The van der Waals surface area contributed by atoms with Crippen LogP contribution in [-0.4, -0.2) is 35.4 Å². The van der Waals surface area contributed by atoms with Crippen molar-refractivity contribution in [2.24, 2.45) is 0 Å². The number of benzene rings is 1. The Morgan fingerprint density at radius 2 is 1.13 bits per heavy atom. The van der Waals surface area contributed by atoms with Gasteiger partial charge in [0.05, 0.1) is 13.2 Å². The third-order valence-corrected chi connectivity index (χ3v) is 4.46. The molecule has 1 rings (SSSR count). The van der Waals surface area contributed by atoms with E-state index < -0.39 is 11.9 Å². The molecular weight excluding hydrogens is 384 g/mol. The maximum atomic E-state index is 11.0. The van der Waals surface area contributed by atoms with Gasteiger partial charge in [0.2, 0.25) is 0 Å². The summed E-state index contributed by atoms with van der Waals surface area (Å²) in [6.45, 7) is 5.29. The first-order valence-corrected chi connectivity index (χ1v) is 10.7. The van der Waals surface area contributed by atoms with E-state index in [0.29, 0.717) is 35.8 Å². The summed E-state index contributed by atoms with van der Waals surface area (Å²) in [7, 11) is 0. The average molecular weight is 419 g/mol. The van der Waals surface area contributed by atoms with Crippen LogP contribution in [0.5, 0.6) is 11.5 Å². The molecule has 0 aromatic heterocycles. The molecule has 0 fully saturated rings. The van der Waals surface area contributed by atoms with E-state index in [4.69, 9.17) is 19.7 Å². The number of hydrogen-bond acceptors (Lipinski definition) is 4. The van der Waals surface area contributed by atoms with Crippen LogP contribution >= 0.6 is 0 Å². The largest absolute Gasteiger partial charge is 0.493 e. The Morgan fingerprint density at radius 3 is 1.47 bits per heavy atom. The molecule has 0 saturated heterocycles. The van der Waals surface area contributed by atoms with Gasteiger partial charge in [0, 0.05) is 23.3 Å². The van der Waals surface area contributed by atoms with Crippen molar-refractivity contribution >= 4 is 24.1 Å². The zero-order chi connectivity index (χ0) is 22.2. The van der Waals surface area contributed by atoms with Gasteiger partial charge in [-0.25, -0.2) is 9.59 Å². The van der Waals surface area contributed by atoms with Gasteiger partial charge in [-0.2, -0.15) is 0 Å². The summed E-state index contributed by atoms with van der Waals surface area (Å²) in [5, 5.41) is 18.0. The summed E-state index contributed by atoms with van der Waals surface area (Å²) < 4.78 is 11.8. The number of carbonyl (C=O) groups is 2. The lowest BCUT2D eigenvalue weighted by atomic mass is 10.1. The molecule has 2 N–H and O–H groups in total. The molecule has 0 atom stereocenters. The highest BCUT2D eigenvalue weighted by Crippen LogP contribution is 2.32. The highest BCUT2D eigenvalue weighted by Gasteiger charge is 2.11. The maximum Gasteiger partial charge on any atom is 0.328 e. The molecule has 6 heteroatoms. The quantitative estimate of drug-likeness (QED) is 0.260. The normalized spacial score (nSPS) is 11.3. The minimum absolute atomic E-state index is 0.507. The van der Waals surface area contributed by atoms with Crippen molar-refractivity contribution in [3.8, 4) is 11.5 Å². The Bertz CT molecular complexity index is 659. The van der Waals surface area contributed by atoms with E-state index in [9.17, 15) is 9.59 Å². The number of rotatable bonds is 16. The van der Waals surface area contributed by atoms with Crippen LogP contribution in [0.15, 0.2) is 24.3 Å². The molecule has 0 aliphatic carbocycles. The summed E-state index contributed by atoms with van der Waals surface area (Å²) in [6.07, 6.45) is 13.5. The van der Waals surface area contributed by atoms with Crippen LogP contribution in [0.2, 0.25) is 0 Å². The predicted molar refractivity (Wildman–Crippen MR) is 119 cm³/mol. The number of ether oxygens (including phenoxy) is 2. The van der Waals surface area contributed by atoms with Gasteiger partial charge in [0.15, 0.2) is 0 Å². The Kier molecular flexibility index (Phi) is 12.7. The van der Waals surface area contributed by atoms with Gasteiger partial charge in [0.25, 0.3) is 0 Å². The molecule has 0 radical (unpaired) electrons. The summed E-state index contributed by atoms with van der Waals surface area (Å²) >= 11 is 0. The van der Waals surface area contributed by atoms with Crippen molar-refractivity contribution < 1.29 is 29.3 Å². The summed E-state index contributed by atoms with van der Waals surface area (Å²) in [6, 6.07) is 3.42.